The van der Waals surface area contributed by atoms with E-state index in [-0.39, 0.29) is 30.8 Å². The molecule has 2 amide bonds. The van der Waals surface area contributed by atoms with Crippen LogP contribution in [0, 0.1) is 11.3 Å². The van der Waals surface area contributed by atoms with Gasteiger partial charge in [-0.15, -0.1) is 0 Å². The molecule has 0 bridgehead atoms. The Morgan fingerprint density at radius 2 is 2.18 bits per heavy atom. The number of carbonyl (C=O) groups is 2. The summed E-state index contributed by atoms with van der Waals surface area (Å²) in [5, 5.41) is 22.4. The Morgan fingerprint density at radius 3 is 2.82 bits per heavy atom. The van der Waals surface area contributed by atoms with E-state index in [0.717, 1.165) is 5.69 Å². The van der Waals surface area contributed by atoms with Crippen molar-refractivity contribution in [3.63, 3.8) is 0 Å². The van der Waals surface area contributed by atoms with Crippen molar-refractivity contribution in [3.8, 4) is 5.75 Å². The van der Waals surface area contributed by atoms with E-state index in [1.807, 2.05) is 19.9 Å². The Bertz CT molecular complexity index is 970. The fourth-order valence-electron chi connectivity index (χ4n) is 3.43. The lowest BCUT2D eigenvalue weighted by atomic mass is 10.0. The first-order valence-corrected chi connectivity index (χ1v) is 11.2. The Morgan fingerprint density at radius 1 is 1.41 bits per heavy atom. The zero-order valence-corrected chi connectivity index (χ0v) is 19.9. The van der Waals surface area contributed by atoms with Crippen molar-refractivity contribution in [1.82, 2.24) is 10.2 Å². The monoisotopic (exact) mass is 470 g/mol. The van der Waals surface area contributed by atoms with Crippen LogP contribution in [-0.2, 0) is 9.59 Å². The summed E-state index contributed by atoms with van der Waals surface area (Å²) in [5.74, 6) is 0.127. The molecule has 1 aliphatic heterocycles. The lowest BCUT2D eigenvalue weighted by Gasteiger charge is -2.27. The van der Waals surface area contributed by atoms with Crippen LogP contribution in [0.4, 0.5) is 5.69 Å². The first-order valence-electron chi connectivity index (χ1n) is 11.2. The predicted molar refractivity (Wildman–Crippen MR) is 133 cm³/mol. The van der Waals surface area contributed by atoms with Gasteiger partial charge in [0, 0.05) is 44.4 Å². The van der Waals surface area contributed by atoms with Crippen molar-refractivity contribution in [2.75, 3.05) is 32.1 Å². The van der Waals surface area contributed by atoms with E-state index >= 15 is 0 Å². The van der Waals surface area contributed by atoms with Crippen LogP contribution in [0.25, 0.3) is 0 Å². The third-order valence-electron chi connectivity index (χ3n) is 5.06. The van der Waals surface area contributed by atoms with Gasteiger partial charge in [-0.05, 0) is 37.0 Å². The van der Waals surface area contributed by atoms with Gasteiger partial charge in [0.2, 0.25) is 0 Å². The van der Waals surface area contributed by atoms with Crippen LogP contribution >= 0.6 is 0 Å². The fraction of sp³-hybridized carbons (Fsp3) is 0.417. The third kappa shape index (κ3) is 7.45. The molecule has 0 saturated heterocycles. The average Bonchev–Trinajstić information content (AvgIpc) is 3.16. The molecule has 0 unspecified atom stereocenters. The van der Waals surface area contributed by atoms with Crippen LogP contribution < -0.4 is 21.1 Å². The van der Waals surface area contributed by atoms with E-state index in [1.54, 1.807) is 25.4 Å². The highest BCUT2D eigenvalue weighted by Crippen LogP contribution is 2.28. The van der Waals surface area contributed by atoms with E-state index in [1.165, 1.54) is 23.3 Å². The molecule has 0 saturated carbocycles. The summed E-state index contributed by atoms with van der Waals surface area (Å²) in [4.78, 5) is 31.1. The van der Waals surface area contributed by atoms with Crippen molar-refractivity contribution in [2.24, 2.45) is 16.6 Å². The van der Waals surface area contributed by atoms with E-state index < -0.39 is 11.9 Å². The van der Waals surface area contributed by atoms with Crippen LogP contribution in [0.15, 0.2) is 47.3 Å². The second-order valence-electron chi connectivity index (χ2n) is 8.18. The Kier molecular flexibility index (Phi) is 10.3. The zero-order valence-electron chi connectivity index (χ0n) is 19.9. The number of nitrogens with zero attached hydrogens (tertiary/aromatic N) is 2. The van der Waals surface area contributed by atoms with Gasteiger partial charge in [0.05, 0.1) is 12.1 Å². The zero-order chi connectivity index (χ0) is 25.1. The smallest absolute Gasteiger partial charge is 0.270 e. The molecule has 1 aromatic carbocycles. The van der Waals surface area contributed by atoms with Gasteiger partial charge in [0.25, 0.3) is 11.8 Å². The lowest BCUT2D eigenvalue weighted by Crippen LogP contribution is -2.43. The Balaban J connectivity index is 2.15. The molecule has 0 aliphatic carbocycles. The van der Waals surface area contributed by atoms with Gasteiger partial charge < -0.3 is 36.5 Å². The summed E-state index contributed by atoms with van der Waals surface area (Å²) in [6.07, 6.45) is 6.58. The molecule has 34 heavy (non-hydrogen) atoms. The molecule has 10 nitrogen and oxygen atoms in total. The summed E-state index contributed by atoms with van der Waals surface area (Å²) in [7, 11) is 1.75. The van der Waals surface area contributed by atoms with Crippen LogP contribution in [0.2, 0.25) is 0 Å². The first kappa shape index (κ1) is 26.6. The summed E-state index contributed by atoms with van der Waals surface area (Å²) in [5.41, 5.74) is 7.15. The van der Waals surface area contributed by atoms with E-state index in [4.69, 9.17) is 21.0 Å². The molecule has 0 spiro atoms. The van der Waals surface area contributed by atoms with Gasteiger partial charge in [-0.1, -0.05) is 19.9 Å². The molecule has 2 rings (SSSR count). The Hall–Kier alpha value is -3.66. The minimum absolute atomic E-state index is 0.0193. The van der Waals surface area contributed by atoms with Gasteiger partial charge in [-0.3, -0.25) is 9.59 Å². The van der Waals surface area contributed by atoms with Crippen LogP contribution in [-0.4, -0.2) is 66.7 Å². The van der Waals surface area contributed by atoms with Crippen molar-refractivity contribution in [2.45, 2.75) is 32.7 Å². The quantitative estimate of drug-likeness (QED) is 0.167. The molecule has 1 heterocycles. The number of hydrogen-bond acceptors (Lipinski definition) is 7. The van der Waals surface area contributed by atoms with Gasteiger partial charge in [-0.25, -0.2) is 0 Å². The lowest BCUT2D eigenvalue weighted by molar-refractivity contribution is -0.134. The number of nitrogens with two attached hydrogens (primary N) is 1. The number of benzene rings is 1. The number of nitrogens with one attached hydrogen (secondary N) is 3. The maximum atomic E-state index is 13.0. The third-order valence-corrected chi connectivity index (χ3v) is 5.06. The minimum Gasteiger partial charge on any atom is -0.459 e. The highest BCUT2D eigenvalue weighted by molar-refractivity contribution is 6.03. The van der Waals surface area contributed by atoms with Crippen molar-refractivity contribution in [1.29, 1.82) is 5.41 Å². The van der Waals surface area contributed by atoms with E-state index in [0.29, 0.717) is 36.5 Å². The topological polar surface area (TPSA) is 153 Å². The molecule has 0 aromatic heterocycles. The summed E-state index contributed by atoms with van der Waals surface area (Å²) >= 11 is 0. The molecule has 6 N–H and O–H groups in total. The standard InChI is InChI=1S/C24H34N6O4/c1-16(2)12-20(24(33)29-22(26)8-10-28-9-5-11-31)30-15-17(13-23(30)32)34-21-7-4-6-19(27-3)18(21)14-25/h4,6-8,10,13-14,16,20,25,27-28,31H,5,9,11-12,15H2,1-3H3,(H2,26,29,33)/b10-8-,25-14?/t20-/m0/s1. The molecule has 0 fully saturated rings. The number of aliphatic hydroxyl groups excluding tert-OH is 1. The Labute approximate surface area is 200 Å². The predicted octanol–water partition coefficient (Wildman–Crippen LogP) is 1.62. The molecular weight excluding hydrogens is 436 g/mol. The average molecular weight is 471 g/mol. The normalized spacial score (nSPS) is 15.0. The molecule has 10 heteroatoms. The van der Waals surface area contributed by atoms with Crippen molar-refractivity contribution < 1.29 is 19.4 Å². The van der Waals surface area contributed by atoms with Gasteiger partial charge in [0.15, 0.2) is 0 Å². The van der Waals surface area contributed by atoms with Crippen LogP contribution in [0.3, 0.4) is 0 Å². The number of amidine groups is 1. The highest BCUT2D eigenvalue weighted by Gasteiger charge is 2.35. The molecule has 1 aliphatic rings. The fourth-order valence-corrected chi connectivity index (χ4v) is 3.43. The second kappa shape index (κ2) is 13.1. The summed E-state index contributed by atoms with van der Waals surface area (Å²) in [6.45, 7) is 4.68. The van der Waals surface area contributed by atoms with Crippen molar-refractivity contribution in [3.05, 3.63) is 47.9 Å². The number of amides is 2. The van der Waals surface area contributed by atoms with E-state index in [2.05, 4.69) is 15.6 Å². The summed E-state index contributed by atoms with van der Waals surface area (Å²) < 4.78 is 5.94. The number of carbonyl (C=O) groups excluding carboxylic acids is 2. The van der Waals surface area contributed by atoms with Crippen LogP contribution in [0.1, 0.15) is 32.3 Å². The van der Waals surface area contributed by atoms with Crippen molar-refractivity contribution >= 4 is 29.6 Å². The van der Waals surface area contributed by atoms with Crippen LogP contribution in [0.5, 0.6) is 5.75 Å². The molecule has 1 atom stereocenters. The number of aliphatic imine (C=N–C) groups is 1. The number of hydrogen-bond donors (Lipinski definition) is 5. The molecular formula is C24H34N6O4. The SMILES string of the molecule is CNc1cccc(OC2=CC(=O)N([C@@H](CC(C)C)C(=O)N=C(N)/C=C\NCCCO)C2)c1C=N. The minimum atomic E-state index is -0.787. The van der Waals surface area contributed by atoms with Gasteiger partial charge in [-0.2, -0.15) is 4.99 Å². The number of aliphatic hydroxyl groups is 1. The van der Waals surface area contributed by atoms with Gasteiger partial charge >= 0.3 is 0 Å². The number of ether oxygens (including phenoxy) is 1. The second-order valence-corrected chi connectivity index (χ2v) is 8.18. The molecule has 0 radical (unpaired) electrons. The molecule has 184 valence electrons. The number of rotatable bonds is 13. The maximum Gasteiger partial charge on any atom is 0.270 e. The van der Waals surface area contributed by atoms with E-state index in [9.17, 15) is 9.59 Å². The maximum absolute atomic E-state index is 13.0. The highest BCUT2D eigenvalue weighted by atomic mass is 16.5. The largest absolute Gasteiger partial charge is 0.459 e. The molecule has 1 aromatic rings. The number of anilines is 1. The first-order chi connectivity index (χ1) is 16.3. The summed E-state index contributed by atoms with van der Waals surface area (Å²) in [6, 6.07) is 4.55. The van der Waals surface area contributed by atoms with Gasteiger partial charge in [0.1, 0.15) is 23.4 Å².